The molecule has 0 saturated carbocycles. The third kappa shape index (κ3) is 3.04. The Balaban J connectivity index is 1.87. The number of aromatic nitrogens is 4. The molecule has 0 aliphatic carbocycles. The van der Waals surface area contributed by atoms with E-state index in [9.17, 15) is 10.1 Å². The van der Waals surface area contributed by atoms with Crippen LogP contribution in [0.3, 0.4) is 0 Å². The molecule has 122 valence electrons. The van der Waals surface area contributed by atoms with Crippen molar-refractivity contribution in [2.45, 2.75) is 13.8 Å². The summed E-state index contributed by atoms with van der Waals surface area (Å²) in [6, 6.07) is 10.6. The Morgan fingerprint density at radius 1 is 1.21 bits per heavy atom. The lowest BCUT2D eigenvalue weighted by molar-refractivity contribution is -0.386. The van der Waals surface area contributed by atoms with Gasteiger partial charge in [-0.15, -0.1) is 10.2 Å². The summed E-state index contributed by atoms with van der Waals surface area (Å²) in [4.78, 5) is 10.6. The Bertz CT molecular complexity index is 907. The van der Waals surface area contributed by atoms with Gasteiger partial charge in [-0.2, -0.15) is 5.10 Å². The molecule has 0 unspecified atom stereocenters. The van der Waals surface area contributed by atoms with Crippen molar-refractivity contribution in [3.8, 4) is 5.82 Å². The van der Waals surface area contributed by atoms with Crippen LogP contribution in [0.1, 0.15) is 11.4 Å². The molecule has 9 heteroatoms. The molecule has 0 bridgehead atoms. The number of nitrogens with one attached hydrogen (secondary N) is 1. The molecular weight excluding hydrogens is 332 g/mol. The number of anilines is 2. The summed E-state index contributed by atoms with van der Waals surface area (Å²) >= 11 is 5.93. The largest absolute Gasteiger partial charge is 0.339 e. The third-order valence-electron chi connectivity index (χ3n) is 3.40. The highest BCUT2D eigenvalue weighted by Crippen LogP contribution is 2.24. The lowest BCUT2D eigenvalue weighted by Gasteiger charge is -2.06. The minimum Gasteiger partial charge on any atom is -0.339 e. The molecule has 0 amide bonds. The molecule has 24 heavy (non-hydrogen) atoms. The molecule has 1 N–H and O–H groups in total. The number of rotatable bonds is 4. The molecule has 8 nitrogen and oxygen atoms in total. The molecule has 2 heterocycles. The Morgan fingerprint density at radius 3 is 2.58 bits per heavy atom. The first-order valence-electron chi connectivity index (χ1n) is 7.03. The van der Waals surface area contributed by atoms with E-state index in [1.165, 1.54) is 4.68 Å². The second-order valence-electron chi connectivity index (χ2n) is 5.10. The van der Waals surface area contributed by atoms with Gasteiger partial charge in [0, 0.05) is 10.7 Å². The zero-order valence-electron chi connectivity index (χ0n) is 12.9. The maximum absolute atomic E-state index is 11.1. The fourth-order valence-corrected chi connectivity index (χ4v) is 2.53. The van der Waals surface area contributed by atoms with Crippen molar-refractivity contribution in [3.63, 3.8) is 0 Å². The fourth-order valence-electron chi connectivity index (χ4n) is 2.34. The van der Waals surface area contributed by atoms with E-state index >= 15 is 0 Å². The summed E-state index contributed by atoms with van der Waals surface area (Å²) in [5.74, 6) is 0.928. The highest BCUT2D eigenvalue weighted by molar-refractivity contribution is 6.30. The van der Waals surface area contributed by atoms with Gasteiger partial charge < -0.3 is 5.32 Å². The number of hydrogen-bond acceptors (Lipinski definition) is 6. The predicted octanol–water partition coefficient (Wildman–Crippen LogP) is 3.58. The number of hydrogen-bond donors (Lipinski definition) is 1. The van der Waals surface area contributed by atoms with Crippen LogP contribution in [0, 0.1) is 24.0 Å². The zero-order chi connectivity index (χ0) is 17.3. The number of halogens is 1. The highest BCUT2D eigenvalue weighted by Gasteiger charge is 2.23. The second-order valence-corrected chi connectivity index (χ2v) is 5.54. The van der Waals surface area contributed by atoms with Gasteiger partial charge in [0.25, 0.3) is 0 Å². The first-order valence-corrected chi connectivity index (χ1v) is 7.41. The Labute approximate surface area is 142 Å². The van der Waals surface area contributed by atoms with Crippen molar-refractivity contribution in [2.75, 3.05) is 5.32 Å². The second kappa shape index (κ2) is 6.25. The number of benzene rings is 1. The Morgan fingerprint density at radius 2 is 2.00 bits per heavy atom. The van der Waals surface area contributed by atoms with E-state index in [0.717, 1.165) is 5.69 Å². The van der Waals surface area contributed by atoms with E-state index in [2.05, 4.69) is 20.6 Å². The van der Waals surface area contributed by atoms with Crippen molar-refractivity contribution in [2.24, 2.45) is 0 Å². The van der Waals surface area contributed by atoms with Crippen molar-refractivity contribution < 1.29 is 4.92 Å². The van der Waals surface area contributed by atoms with Crippen LogP contribution in [-0.4, -0.2) is 24.9 Å². The van der Waals surface area contributed by atoms with Gasteiger partial charge in [-0.25, -0.2) is 4.68 Å². The van der Waals surface area contributed by atoms with E-state index in [1.54, 1.807) is 38.1 Å². The molecule has 0 radical (unpaired) electrons. The quantitative estimate of drug-likeness (QED) is 0.573. The van der Waals surface area contributed by atoms with E-state index < -0.39 is 4.92 Å². The summed E-state index contributed by atoms with van der Waals surface area (Å²) in [5, 5.41) is 27.1. The first kappa shape index (κ1) is 15.9. The maximum atomic E-state index is 11.1. The molecule has 0 spiro atoms. The monoisotopic (exact) mass is 344 g/mol. The van der Waals surface area contributed by atoms with Crippen LogP contribution in [0.4, 0.5) is 17.2 Å². The fraction of sp³-hybridized carbons (Fsp3) is 0.133. The average molecular weight is 345 g/mol. The van der Waals surface area contributed by atoms with Gasteiger partial charge in [0.1, 0.15) is 11.4 Å². The van der Waals surface area contributed by atoms with Crippen LogP contribution >= 0.6 is 11.6 Å². The normalized spacial score (nSPS) is 10.6. The number of aryl methyl sites for hydroxylation is 1. The van der Waals surface area contributed by atoms with Gasteiger partial charge in [-0.05, 0) is 44.2 Å². The predicted molar refractivity (Wildman–Crippen MR) is 90.0 cm³/mol. The van der Waals surface area contributed by atoms with Crippen molar-refractivity contribution in [1.29, 1.82) is 0 Å². The topological polar surface area (TPSA) is 98.8 Å². The molecule has 0 aliphatic rings. The van der Waals surface area contributed by atoms with Crippen LogP contribution in [0.5, 0.6) is 0 Å². The van der Waals surface area contributed by atoms with Crippen molar-refractivity contribution in [1.82, 2.24) is 20.0 Å². The van der Waals surface area contributed by atoms with Crippen molar-refractivity contribution >= 4 is 28.8 Å². The summed E-state index contributed by atoms with van der Waals surface area (Å²) < 4.78 is 1.41. The Hall–Kier alpha value is -3.00. The molecule has 2 aromatic heterocycles. The molecule has 1 aromatic carbocycles. The molecule has 3 aromatic rings. The van der Waals surface area contributed by atoms with Gasteiger partial charge in [0.15, 0.2) is 11.6 Å². The maximum Gasteiger partial charge on any atom is 0.313 e. The minimum absolute atomic E-state index is 0.0158. The van der Waals surface area contributed by atoms with Crippen LogP contribution in [0.25, 0.3) is 5.82 Å². The standard InChI is InChI=1S/C15H13ClN6O2/c1-9-15(22(23)24)10(2)21(20-9)14-7-6-13(18-19-14)17-12-5-3-4-11(16)8-12/h3-8H,1-2H3,(H,17,18). The summed E-state index contributed by atoms with van der Waals surface area (Å²) in [6.45, 7) is 3.21. The van der Waals surface area contributed by atoms with Crippen LogP contribution < -0.4 is 5.32 Å². The minimum atomic E-state index is -0.448. The average Bonchev–Trinajstić information content (AvgIpc) is 2.83. The van der Waals surface area contributed by atoms with Gasteiger partial charge in [0.2, 0.25) is 0 Å². The molecule has 0 saturated heterocycles. The molecule has 0 aliphatic heterocycles. The lowest BCUT2D eigenvalue weighted by Crippen LogP contribution is -2.05. The van der Waals surface area contributed by atoms with E-state index in [4.69, 9.17) is 11.6 Å². The van der Waals surface area contributed by atoms with Crippen LogP contribution in [-0.2, 0) is 0 Å². The van der Waals surface area contributed by atoms with Crippen LogP contribution in [0.2, 0.25) is 5.02 Å². The Kier molecular flexibility index (Phi) is 4.13. The SMILES string of the molecule is Cc1nn(-c2ccc(Nc3cccc(Cl)c3)nn2)c(C)c1[N+](=O)[O-]. The van der Waals surface area contributed by atoms with Gasteiger partial charge in [-0.3, -0.25) is 10.1 Å². The highest BCUT2D eigenvalue weighted by atomic mass is 35.5. The van der Waals surface area contributed by atoms with E-state index in [-0.39, 0.29) is 5.69 Å². The molecule has 3 rings (SSSR count). The van der Waals surface area contributed by atoms with Gasteiger partial charge in [-0.1, -0.05) is 17.7 Å². The zero-order valence-corrected chi connectivity index (χ0v) is 13.7. The summed E-state index contributed by atoms with van der Waals surface area (Å²) in [5.41, 5.74) is 1.51. The smallest absolute Gasteiger partial charge is 0.313 e. The molecular formula is C15H13ClN6O2. The van der Waals surface area contributed by atoms with E-state index in [1.807, 2.05) is 12.1 Å². The summed E-state index contributed by atoms with van der Waals surface area (Å²) in [7, 11) is 0. The molecule has 0 fully saturated rings. The molecule has 0 atom stereocenters. The number of nitro groups is 1. The van der Waals surface area contributed by atoms with E-state index in [0.29, 0.717) is 28.0 Å². The van der Waals surface area contributed by atoms with Gasteiger partial charge in [0.05, 0.1) is 4.92 Å². The third-order valence-corrected chi connectivity index (χ3v) is 3.64. The lowest BCUT2D eigenvalue weighted by atomic mass is 10.3. The summed E-state index contributed by atoms with van der Waals surface area (Å²) in [6.07, 6.45) is 0. The van der Waals surface area contributed by atoms with Crippen molar-refractivity contribution in [3.05, 3.63) is 62.9 Å². The van der Waals surface area contributed by atoms with Gasteiger partial charge >= 0.3 is 5.69 Å². The van der Waals surface area contributed by atoms with Crippen LogP contribution in [0.15, 0.2) is 36.4 Å². The first-order chi connectivity index (χ1) is 11.5. The number of nitrogens with zero attached hydrogens (tertiary/aromatic N) is 5.